The van der Waals surface area contributed by atoms with E-state index in [0.29, 0.717) is 27.6 Å². The summed E-state index contributed by atoms with van der Waals surface area (Å²) in [4.78, 5) is 13.0. The third-order valence-corrected chi connectivity index (χ3v) is 4.05. The van der Waals surface area contributed by atoms with E-state index in [9.17, 15) is 0 Å². The second kappa shape index (κ2) is 5.92. The molecule has 0 radical (unpaired) electrons. The van der Waals surface area contributed by atoms with E-state index in [-0.39, 0.29) is 0 Å². The summed E-state index contributed by atoms with van der Waals surface area (Å²) in [6, 6.07) is 0. The van der Waals surface area contributed by atoms with Gasteiger partial charge < -0.3 is 10.1 Å². The van der Waals surface area contributed by atoms with Crippen LogP contribution in [0.2, 0.25) is 4.34 Å². The molecule has 0 bridgehead atoms. The average Bonchev–Trinajstić information content (AvgIpc) is 2.79. The minimum atomic E-state index is 0.393. The fourth-order valence-corrected chi connectivity index (χ4v) is 2.68. The van der Waals surface area contributed by atoms with E-state index in [2.05, 4.69) is 36.2 Å². The van der Waals surface area contributed by atoms with Crippen molar-refractivity contribution < 1.29 is 4.74 Å². The van der Waals surface area contributed by atoms with E-state index in [1.807, 2.05) is 0 Å². The molecule has 5 nitrogen and oxygen atoms in total. The molecule has 2 aromatic heterocycles. The predicted molar refractivity (Wildman–Crippen MR) is 76.1 cm³/mol. The standard InChI is InChI=1S/C10H10BrClN4OS/c1-13-8-7(11)5(4-17-2)15-9(16-8)10-14-3-6(12)18-10/h3H,4H2,1-2H3,(H,13,15,16). The Labute approximate surface area is 122 Å². The zero-order valence-electron chi connectivity index (χ0n) is 9.70. The fourth-order valence-electron chi connectivity index (χ4n) is 1.35. The molecule has 0 saturated heterocycles. The van der Waals surface area contributed by atoms with Crippen LogP contribution in [0.15, 0.2) is 10.7 Å². The van der Waals surface area contributed by atoms with Gasteiger partial charge in [-0.25, -0.2) is 15.0 Å². The van der Waals surface area contributed by atoms with Crippen LogP contribution in [-0.2, 0) is 11.3 Å². The molecule has 0 amide bonds. The van der Waals surface area contributed by atoms with Crippen LogP contribution in [-0.4, -0.2) is 29.1 Å². The molecule has 96 valence electrons. The smallest absolute Gasteiger partial charge is 0.191 e. The summed E-state index contributed by atoms with van der Waals surface area (Å²) < 4.78 is 6.51. The van der Waals surface area contributed by atoms with Crippen LogP contribution in [0.1, 0.15) is 5.69 Å². The monoisotopic (exact) mass is 348 g/mol. The Morgan fingerprint density at radius 3 is 2.83 bits per heavy atom. The minimum Gasteiger partial charge on any atom is -0.378 e. The SMILES string of the molecule is CNc1nc(-c2ncc(Cl)s2)nc(COC)c1Br. The molecule has 2 aromatic rings. The van der Waals surface area contributed by atoms with Crippen molar-refractivity contribution in [2.75, 3.05) is 19.5 Å². The molecule has 2 rings (SSSR count). The number of aromatic nitrogens is 3. The number of hydrogen-bond acceptors (Lipinski definition) is 6. The van der Waals surface area contributed by atoms with Gasteiger partial charge >= 0.3 is 0 Å². The van der Waals surface area contributed by atoms with Crippen molar-refractivity contribution in [1.29, 1.82) is 0 Å². The Morgan fingerprint density at radius 1 is 1.50 bits per heavy atom. The number of halogens is 2. The molecule has 8 heteroatoms. The number of methoxy groups -OCH3 is 1. The van der Waals surface area contributed by atoms with Gasteiger partial charge in [-0.2, -0.15) is 0 Å². The lowest BCUT2D eigenvalue weighted by atomic mass is 10.4. The van der Waals surface area contributed by atoms with E-state index >= 15 is 0 Å². The highest BCUT2D eigenvalue weighted by molar-refractivity contribution is 9.10. The normalized spacial score (nSPS) is 10.7. The lowest BCUT2D eigenvalue weighted by Crippen LogP contribution is -2.04. The van der Waals surface area contributed by atoms with Crippen molar-refractivity contribution in [1.82, 2.24) is 15.0 Å². The number of nitrogens with zero attached hydrogens (tertiary/aromatic N) is 3. The first-order valence-corrected chi connectivity index (χ1v) is 6.99. The van der Waals surface area contributed by atoms with Gasteiger partial charge in [-0.05, 0) is 15.9 Å². The van der Waals surface area contributed by atoms with Gasteiger partial charge in [0.25, 0.3) is 0 Å². The quantitative estimate of drug-likeness (QED) is 0.918. The highest BCUT2D eigenvalue weighted by Crippen LogP contribution is 2.30. The van der Waals surface area contributed by atoms with Gasteiger partial charge in [0.1, 0.15) is 10.2 Å². The molecule has 1 N–H and O–H groups in total. The average molecular weight is 350 g/mol. The van der Waals surface area contributed by atoms with Crippen LogP contribution in [0.3, 0.4) is 0 Å². The zero-order valence-corrected chi connectivity index (χ0v) is 12.9. The van der Waals surface area contributed by atoms with E-state index in [0.717, 1.165) is 10.2 Å². The van der Waals surface area contributed by atoms with E-state index in [4.69, 9.17) is 16.3 Å². The summed E-state index contributed by atoms with van der Waals surface area (Å²) in [6.45, 7) is 0.393. The summed E-state index contributed by atoms with van der Waals surface area (Å²) in [5.74, 6) is 1.23. The van der Waals surface area contributed by atoms with Gasteiger partial charge in [0.2, 0.25) is 0 Å². The first-order chi connectivity index (χ1) is 8.65. The highest BCUT2D eigenvalue weighted by Gasteiger charge is 2.14. The Bertz CT molecular complexity index is 563. The summed E-state index contributed by atoms with van der Waals surface area (Å²) in [5, 5.41) is 3.68. The van der Waals surface area contributed by atoms with Crippen LogP contribution in [0, 0.1) is 0 Å². The maximum Gasteiger partial charge on any atom is 0.191 e. The van der Waals surface area contributed by atoms with Gasteiger partial charge in [-0.3, -0.25) is 0 Å². The van der Waals surface area contributed by atoms with E-state index in [1.165, 1.54) is 11.3 Å². The lowest BCUT2D eigenvalue weighted by Gasteiger charge is -2.09. The Hall–Kier alpha value is -0.760. The van der Waals surface area contributed by atoms with Crippen LogP contribution in [0.4, 0.5) is 5.82 Å². The number of nitrogens with one attached hydrogen (secondary N) is 1. The molecule has 0 fully saturated rings. The zero-order chi connectivity index (χ0) is 13.1. The molecule has 0 atom stereocenters. The fraction of sp³-hybridized carbons (Fsp3) is 0.300. The molecular weight excluding hydrogens is 340 g/mol. The number of ether oxygens (including phenoxy) is 1. The molecule has 2 heterocycles. The molecule has 0 aromatic carbocycles. The summed E-state index contributed by atoms with van der Waals surface area (Å²) in [7, 11) is 3.41. The van der Waals surface area contributed by atoms with Gasteiger partial charge in [-0.1, -0.05) is 22.9 Å². The van der Waals surface area contributed by atoms with E-state index < -0.39 is 0 Å². The van der Waals surface area contributed by atoms with Crippen molar-refractivity contribution in [2.24, 2.45) is 0 Å². The molecule has 0 saturated carbocycles. The van der Waals surface area contributed by atoms with Crippen molar-refractivity contribution in [3.63, 3.8) is 0 Å². The van der Waals surface area contributed by atoms with Gasteiger partial charge in [0, 0.05) is 14.2 Å². The van der Waals surface area contributed by atoms with E-state index in [1.54, 1.807) is 20.4 Å². The molecule has 0 aliphatic carbocycles. The number of thiazole rings is 1. The number of anilines is 1. The maximum atomic E-state index is 5.87. The van der Waals surface area contributed by atoms with Crippen LogP contribution >= 0.6 is 38.9 Å². The van der Waals surface area contributed by atoms with Crippen LogP contribution < -0.4 is 5.32 Å². The van der Waals surface area contributed by atoms with Crippen molar-refractivity contribution in [3.05, 3.63) is 20.7 Å². The second-order valence-corrected chi connectivity index (χ2v) is 5.76. The molecule has 0 aliphatic heterocycles. The summed E-state index contributed by atoms with van der Waals surface area (Å²) >= 11 is 10.6. The van der Waals surface area contributed by atoms with Gasteiger partial charge in [-0.15, -0.1) is 0 Å². The van der Waals surface area contributed by atoms with Crippen LogP contribution in [0.25, 0.3) is 10.8 Å². The summed E-state index contributed by atoms with van der Waals surface area (Å²) in [6.07, 6.45) is 1.59. The Balaban J connectivity index is 2.51. The third kappa shape index (κ3) is 2.80. The molecule has 0 spiro atoms. The Kier molecular flexibility index (Phi) is 4.50. The van der Waals surface area contributed by atoms with Crippen molar-refractivity contribution in [3.8, 4) is 10.8 Å². The first-order valence-electron chi connectivity index (χ1n) is 5.00. The highest BCUT2D eigenvalue weighted by atomic mass is 79.9. The lowest BCUT2D eigenvalue weighted by molar-refractivity contribution is 0.181. The first kappa shape index (κ1) is 13.7. The molecule has 0 unspecified atom stereocenters. The van der Waals surface area contributed by atoms with Crippen molar-refractivity contribution in [2.45, 2.75) is 6.61 Å². The van der Waals surface area contributed by atoms with Crippen LogP contribution in [0.5, 0.6) is 0 Å². The topological polar surface area (TPSA) is 59.9 Å². The van der Waals surface area contributed by atoms with Crippen molar-refractivity contribution >= 4 is 44.7 Å². The van der Waals surface area contributed by atoms with Gasteiger partial charge in [0.05, 0.1) is 23.0 Å². The summed E-state index contributed by atoms with van der Waals surface area (Å²) in [5.41, 5.74) is 0.762. The second-order valence-electron chi connectivity index (χ2n) is 3.31. The molecular formula is C10H10BrClN4OS. The third-order valence-electron chi connectivity index (χ3n) is 2.11. The largest absolute Gasteiger partial charge is 0.378 e. The molecule has 18 heavy (non-hydrogen) atoms. The van der Waals surface area contributed by atoms with Gasteiger partial charge in [0.15, 0.2) is 10.8 Å². The predicted octanol–water partition coefficient (Wildman–Crippen LogP) is 3.20. The molecule has 0 aliphatic rings. The number of hydrogen-bond donors (Lipinski definition) is 1. The minimum absolute atomic E-state index is 0.393. The number of rotatable bonds is 4. The Morgan fingerprint density at radius 2 is 2.28 bits per heavy atom. The maximum absolute atomic E-state index is 5.87.